The molecule has 9 heteroatoms. The molecule has 2 aromatic heterocycles. The molecular formula is C40H48N4O4S. The first-order valence-corrected chi connectivity index (χ1v) is 17.9. The van der Waals surface area contributed by atoms with E-state index >= 15 is 0 Å². The minimum atomic E-state index is -1.07. The summed E-state index contributed by atoms with van der Waals surface area (Å²) in [5.41, 5.74) is 4.94. The molecule has 1 amide bonds. The summed E-state index contributed by atoms with van der Waals surface area (Å²) in [5.74, 6) is -1.77. The molecule has 2 atom stereocenters. The Kier molecular flexibility index (Phi) is 11.1. The molecule has 1 unspecified atom stereocenters. The van der Waals surface area contributed by atoms with Gasteiger partial charge in [-0.1, -0.05) is 90.1 Å². The number of carboxylic acid groups (broad SMARTS) is 1. The number of hydrogen-bond donors (Lipinski definition) is 2. The predicted molar refractivity (Wildman–Crippen MR) is 196 cm³/mol. The highest BCUT2D eigenvalue weighted by Crippen LogP contribution is 2.31. The highest BCUT2D eigenvalue weighted by molar-refractivity contribution is 7.14. The van der Waals surface area contributed by atoms with Crippen LogP contribution < -0.4 is 5.32 Å². The average molecular weight is 681 g/mol. The van der Waals surface area contributed by atoms with Gasteiger partial charge in [-0.05, 0) is 72.0 Å². The van der Waals surface area contributed by atoms with E-state index in [-0.39, 0.29) is 36.0 Å². The lowest BCUT2D eigenvalue weighted by molar-refractivity contribution is -0.143. The number of nitrogens with one attached hydrogen (secondary N) is 1. The summed E-state index contributed by atoms with van der Waals surface area (Å²) in [6.07, 6.45) is 5.96. The van der Waals surface area contributed by atoms with Gasteiger partial charge in [0.1, 0.15) is 6.04 Å². The number of carboxylic acids is 1. The minimum absolute atomic E-state index is 0.0188. The summed E-state index contributed by atoms with van der Waals surface area (Å²) in [4.78, 5) is 52.4. The van der Waals surface area contributed by atoms with Gasteiger partial charge >= 0.3 is 5.97 Å². The van der Waals surface area contributed by atoms with Crippen molar-refractivity contribution < 1.29 is 19.5 Å². The van der Waals surface area contributed by atoms with Gasteiger partial charge in [0.25, 0.3) is 0 Å². The third kappa shape index (κ3) is 9.49. The summed E-state index contributed by atoms with van der Waals surface area (Å²) in [6.45, 7) is 14.8. The first-order valence-electron chi connectivity index (χ1n) is 17.1. The fourth-order valence-electron chi connectivity index (χ4n) is 6.03. The van der Waals surface area contributed by atoms with Crippen LogP contribution in [0.15, 0.2) is 73.1 Å². The minimum Gasteiger partial charge on any atom is -0.480 e. The largest absolute Gasteiger partial charge is 0.480 e. The van der Waals surface area contributed by atoms with Crippen LogP contribution in [0.5, 0.6) is 0 Å². The molecule has 1 fully saturated rings. The molecule has 1 saturated heterocycles. The third-order valence-corrected chi connectivity index (χ3v) is 10.7. The first-order chi connectivity index (χ1) is 23.2. The zero-order valence-electron chi connectivity index (χ0n) is 29.5. The van der Waals surface area contributed by atoms with Gasteiger partial charge in [-0.3, -0.25) is 9.59 Å². The number of thiophene rings is 1. The van der Waals surface area contributed by atoms with Crippen LogP contribution in [0.2, 0.25) is 0 Å². The maximum Gasteiger partial charge on any atom is 0.327 e. The number of Topliss-reactive ketones (excluding diaryl/α,β-unsaturated/α-hetero) is 1. The van der Waals surface area contributed by atoms with E-state index in [0.29, 0.717) is 10.7 Å². The van der Waals surface area contributed by atoms with Crippen LogP contribution >= 0.6 is 11.3 Å². The van der Waals surface area contributed by atoms with Crippen molar-refractivity contribution in [3.63, 3.8) is 0 Å². The smallest absolute Gasteiger partial charge is 0.327 e. The van der Waals surface area contributed by atoms with Crippen LogP contribution in [-0.4, -0.2) is 63.3 Å². The molecule has 49 heavy (non-hydrogen) atoms. The van der Waals surface area contributed by atoms with Crippen molar-refractivity contribution in [1.29, 1.82) is 0 Å². The molecule has 4 aromatic rings. The number of likely N-dealkylation sites (tertiary alicyclic amines) is 1. The Morgan fingerprint density at radius 1 is 0.816 bits per heavy atom. The zero-order valence-corrected chi connectivity index (χ0v) is 30.3. The van der Waals surface area contributed by atoms with Crippen molar-refractivity contribution in [2.24, 2.45) is 5.92 Å². The molecule has 1 aliphatic rings. The molecule has 3 heterocycles. The Morgan fingerprint density at radius 2 is 1.43 bits per heavy atom. The summed E-state index contributed by atoms with van der Waals surface area (Å²) >= 11 is 1.45. The fourth-order valence-corrected chi connectivity index (χ4v) is 7.05. The molecule has 8 nitrogen and oxygen atoms in total. The Morgan fingerprint density at radius 3 is 1.98 bits per heavy atom. The number of hydrogen-bond acceptors (Lipinski definition) is 7. The van der Waals surface area contributed by atoms with Crippen LogP contribution in [0.25, 0.3) is 22.5 Å². The lowest BCUT2D eigenvalue weighted by atomic mass is 9.86. The van der Waals surface area contributed by atoms with Crippen LogP contribution in [-0.2, 0) is 26.8 Å². The van der Waals surface area contributed by atoms with Crippen molar-refractivity contribution in [1.82, 2.24) is 20.2 Å². The van der Waals surface area contributed by atoms with Crippen LogP contribution in [0.1, 0.15) is 86.5 Å². The molecule has 0 radical (unpaired) electrons. The third-order valence-electron chi connectivity index (χ3n) is 9.11. The molecule has 0 bridgehead atoms. The van der Waals surface area contributed by atoms with Crippen molar-refractivity contribution in [3.05, 3.63) is 93.9 Å². The Labute approximate surface area is 294 Å². The number of aliphatic carboxylic acids is 1. The van der Waals surface area contributed by atoms with Gasteiger partial charge in [0.05, 0.1) is 4.88 Å². The fraction of sp³-hybridized carbons (Fsp3) is 0.425. The average Bonchev–Trinajstić information content (AvgIpc) is 3.77. The molecule has 5 rings (SSSR count). The second kappa shape index (κ2) is 15.1. The standard InChI is InChI=1S/C40H48N4O4S/c1-39(2,3)31-15-13-27(14-16-31)30-23-41-36(42-24-30)28-11-9-26(10-12-28)21-29(22-33(45)34-17-18-35(49-34)40(4,5)6)37(46)43-32(38(47)48)25-44-19-7-8-20-44/h9-18,23-24,29,32H,7-8,19-22,25H2,1-6H3,(H,43,46)(H,47,48)/t29-,32?/m1/s1. The highest BCUT2D eigenvalue weighted by atomic mass is 32.1. The van der Waals surface area contributed by atoms with Crippen molar-refractivity contribution >= 4 is 29.0 Å². The number of carbonyl (C=O) groups excluding carboxylic acids is 2. The molecule has 0 saturated carbocycles. The maximum absolute atomic E-state index is 13.7. The topological polar surface area (TPSA) is 112 Å². The lowest BCUT2D eigenvalue weighted by Gasteiger charge is -2.24. The molecular weight excluding hydrogens is 633 g/mol. The van der Waals surface area contributed by atoms with Gasteiger partial charge in [0.15, 0.2) is 11.6 Å². The van der Waals surface area contributed by atoms with E-state index in [2.05, 4.69) is 86.0 Å². The summed E-state index contributed by atoms with van der Waals surface area (Å²) in [5, 5.41) is 12.7. The zero-order chi connectivity index (χ0) is 35.3. The van der Waals surface area contributed by atoms with E-state index in [9.17, 15) is 19.5 Å². The van der Waals surface area contributed by atoms with Gasteiger partial charge in [-0.2, -0.15) is 0 Å². The number of carbonyl (C=O) groups is 3. The molecule has 1 aliphatic heterocycles. The van der Waals surface area contributed by atoms with Gasteiger partial charge in [-0.25, -0.2) is 14.8 Å². The highest BCUT2D eigenvalue weighted by Gasteiger charge is 2.30. The number of ketones is 1. The predicted octanol–water partition coefficient (Wildman–Crippen LogP) is 7.56. The second-order valence-electron chi connectivity index (χ2n) is 15.2. The van der Waals surface area contributed by atoms with Gasteiger partial charge in [-0.15, -0.1) is 11.3 Å². The van der Waals surface area contributed by atoms with E-state index < -0.39 is 23.8 Å². The summed E-state index contributed by atoms with van der Waals surface area (Å²) < 4.78 is 0. The van der Waals surface area contributed by atoms with Crippen molar-refractivity contribution in [2.45, 2.75) is 84.1 Å². The normalized spacial score (nSPS) is 15.1. The first kappa shape index (κ1) is 36.1. The van der Waals surface area contributed by atoms with Gasteiger partial charge in [0, 0.05) is 47.3 Å². The second-order valence-corrected chi connectivity index (χ2v) is 16.3. The van der Waals surface area contributed by atoms with E-state index in [1.807, 2.05) is 48.8 Å². The Bertz CT molecular complexity index is 1740. The number of benzene rings is 2. The summed E-state index contributed by atoms with van der Waals surface area (Å²) in [6, 6.07) is 18.9. The quantitative estimate of drug-likeness (QED) is 0.149. The number of rotatable bonds is 12. The number of aromatic nitrogens is 2. The van der Waals surface area contributed by atoms with Crippen molar-refractivity contribution in [2.75, 3.05) is 19.6 Å². The van der Waals surface area contributed by atoms with Crippen LogP contribution in [0.3, 0.4) is 0 Å². The molecule has 2 N–H and O–H groups in total. The van der Waals surface area contributed by atoms with E-state index in [4.69, 9.17) is 0 Å². The molecule has 0 spiro atoms. The molecule has 258 valence electrons. The Hall–Kier alpha value is -4.21. The van der Waals surface area contributed by atoms with Gasteiger partial charge < -0.3 is 15.3 Å². The van der Waals surface area contributed by atoms with E-state index in [0.717, 1.165) is 53.1 Å². The lowest BCUT2D eigenvalue weighted by Crippen LogP contribution is -2.50. The van der Waals surface area contributed by atoms with Crippen molar-refractivity contribution in [3.8, 4) is 22.5 Å². The number of nitrogens with zero attached hydrogens (tertiary/aromatic N) is 3. The van der Waals surface area contributed by atoms with Gasteiger partial charge in [0.2, 0.25) is 5.91 Å². The van der Waals surface area contributed by atoms with E-state index in [1.54, 1.807) is 0 Å². The summed E-state index contributed by atoms with van der Waals surface area (Å²) in [7, 11) is 0. The Balaban J connectivity index is 1.31. The SMILES string of the molecule is CC(C)(C)c1ccc(-c2cnc(-c3ccc(C[C@H](CC(=O)c4ccc(C(C)(C)C)s4)C(=O)NC(CN4CCCC4)C(=O)O)cc3)nc2)cc1. The van der Waals surface area contributed by atoms with E-state index in [1.165, 1.54) is 16.9 Å². The maximum atomic E-state index is 13.7. The van der Waals surface area contributed by atoms with Crippen LogP contribution in [0.4, 0.5) is 0 Å². The van der Waals surface area contributed by atoms with Crippen LogP contribution in [0, 0.1) is 5.92 Å². The molecule has 0 aliphatic carbocycles. The molecule has 2 aromatic carbocycles. The number of amides is 1. The monoisotopic (exact) mass is 680 g/mol.